The third-order valence-corrected chi connectivity index (χ3v) is 7.03. The highest BCUT2D eigenvalue weighted by molar-refractivity contribution is 7.88. The van der Waals surface area contributed by atoms with E-state index in [0.717, 1.165) is 13.0 Å². The maximum absolute atomic E-state index is 12.8. The van der Waals surface area contributed by atoms with Gasteiger partial charge in [0.15, 0.2) is 0 Å². The standard InChI is InChI=1S/C19H27ClN4O4S/c1-29(27,28)24-13-11-22(12-14-24)18(25)15-21-7-4-8-23(10-9-21)19(26)16-5-2-3-6-17(16)20/h2-3,5-6H,4,7-15H2,1H3. The molecule has 0 bridgehead atoms. The number of hydrogen-bond acceptors (Lipinski definition) is 5. The normalized spacial score (nSPS) is 19.8. The molecule has 1 aromatic rings. The van der Waals surface area contributed by atoms with E-state index in [4.69, 9.17) is 11.6 Å². The van der Waals surface area contributed by atoms with Gasteiger partial charge in [-0.15, -0.1) is 0 Å². The van der Waals surface area contributed by atoms with Gasteiger partial charge in [-0.1, -0.05) is 23.7 Å². The first kappa shape index (κ1) is 22.0. The molecule has 2 aliphatic rings. The molecule has 0 aliphatic carbocycles. The van der Waals surface area contributed by atoms with Crippen LogP contribution >= 0.6 is 11.6 Å². The third-order valence-electron chi connectivity index (χ3n) is 5.40. The largest absolute Gasteiger partial charge is 0.339 e. The molecule has 0 unspecified atom stereocenters. The lowest BCUT2D eigenvalue weighted by Crippen LogP contribution is -2.52. The van der Waals surface area contributed by atoms with Crippen LogP contribution in [-0.4, -0.2) is 104 Å². The molecule has 2 heterocycles. The molecule has 2 aliphatic heterocycles. The quantitative estimate of drug-likeness (QED) is 0.681. The van der Waals surface area contributed by atoms with Gasteiger partial charge in [0, 0.05) is 52.4 Å². The van der Waals surface area contributed by atoms with Crippen molar-refractivity contribution in [3.8, 4) is 0 Å². The van der Waals surface area contributed by atoms with Gasteiger partial charge in [-0.3, -0.25) is 14.5 Å². The summed E-state index contributed by atoms with van der Waals surface area (Å²) >= 11 is 6.15. The number of carbonyl (C=O) groups is 2. The minimum atomic E-state index is -3.21. The Bertz CT molecular complexity index is 856. The average molecular weight is 443 g/mol. The summed E-state index contributed by atoms with van der Waals surface area (Å²) in [6.45, 7) is 4.31. The molecule has 0 aromatic heterocycles. The minimum Gasteiger partial charge on any atom is -0.339 e. The predicted octanol–water partition coefficient (Wildman–Crippen LogP) is 0.592. The highest BCUT2D eigenvalue weighted by Gasteiger charge is 2.28. The number of sulfonamides is 1. The fraction of sp³-hybridized carbons (Fsp3) is 0.579. The van der Waals surface area contributed by atoms with E-state index in [-0.39, 0.29) is 18.4 Å². The Kier molecular flexibility index (Phi) is 7.15. The summed E-state index contributed by atoms with van der Waals surface area (Å²) < 4.78 is 24.6. The van der Waals surface area contributed by atoms with Crippen LogP contribution in [0.25, 0.3) is 0 Å². The van der Waals surface area contributed by atoms with E-state index in [0.29, 0.717) is 56.4 Å². The van der Waals surface area contributed by atoms with Gasteiger partial charge >= 0.3 is 0 Å². The zero-order chi connectivity index (χ0) is 21.0. The molecule has 1 aromatic carbocycles. The zero-order valence-corrected chi connectivity index (χ0v) is 18.2. The highest BCUT2D eigenvalue weighted by Crippen LogP contribution is 2.18. The van der Waals surface area contributed by atoms with Gasteiger partial charge in [0.2, 0.25) is 15.9 Å². The van der Waals surface area contributed by atoms with Crippen LogP contribution in [0.15, 0.2) is 24.3 Å². The molecular weight excluding hydrogens is 416 g/mol. The Hall–Kier alpha value is -1.68. The van der Waals surface area contributed by atoms with E-state index < -0.39 is 10.0 Å². The molecule has 0 saturated carbocycles. The molecule has 2 saturated heterocycles. The molecule has 0 spiro atoms. The SMILES string of the molecule is CS(=O)(=O)N1CCN(C(=O)CN2CCCN(C(=O)c3ccccc3Cl)CC2)CC1. The Labute approximate surface area is 177 Å². The predicted molar refractivity (Wildman–Crippen MR) is 111 cm³/mol. The second-order valence-corrected chi connectivity index (χ2v) is 9.83. The minimum absolute atomic E-state index is 0.00373. The van der Waals surface area contributed by atoms with Crippen molar-refractivity contribution in [3.05, 3.63) is 34.9 Å². The van der Waals surface area contributed by atoms with Crippen molar-refractivity contribution >= 4 is 33.4 Å². The van der Waals surface area contributed by atoms with Crippen LogP contribution in [0.1, 0.15) is 16.8 Å². The molecule has 10 heteroatoms. The molecule has 0 atom stereocenters. The smallest absolute Gasteiger partial charge is 0.255 e. The van der Waals surface area contributed by atoms with Crippen LogP contribution in [0.5, 0.6) is 0 Å². The molecule has 0 radical (unpaired) electrons. The Morgan fingerprint density at radius 1 is 0.931 bits per heavy atom. The van der Waals surface area contributed by atoms with E-state index in [1.807, 2.05) is 0 Å². The van der Waals surface area contributed by atoms with Crippen molar-refractivity contribution in [2.75, 3.05) is 65.2 Å². The summed E-state index contributed by atoms with van der Waals surface area (Å²) in [5.74, 6) is -0.0790. The maximum Gasteiger partial charge on any atom is 0.255 e. The summed E-state index contributed by atoms with van der Waals surface area (Å²) in [7, 11) is -3.21. The maximum atomic E-state index is 12.8. The number of carbonyl (C=O) groups excluding carboxylic acids is 2. The monoisotopic (exact) mass is 442 g/mol. The number of halogens is 1. The van der Waals surface area contributed by atoms with Gasteiger partial charge in [0.05, 0.1) is 23.4 Å². The number of piperazine rings is 1. The van der Waals surface area contributed by atoms with Crippen molar-refractivity contribution in [1.29, 1.82) is 0 Å². The van der Waals surface area contributed by atoms with E-state index in [1.165, 1.54) is 10.6 Å². The van der Waals surface area contributed by atoms with Crippen molar-refractivity contribution < 1.29 is 18.0 Å². The van der Waals surface area contributed by atoms with Crippen molar-refractivity contribution in [2.45, 2.75) is 6.42 Å². The lowest BCUT2D eigenvalue weighted by molar-refractivity contribution is -0.133. The van der Waals surface area contributed by atoms with Gasteiger partial charge in [-0.2, -0.15) is 4.31 Å². The van der Waals surface area contributed by atoms with Gasteiger partial charge in [-0.05, 0) is 18.6 Å². The van der Waals surface area contributed by atoms with Crippen LogP contribution in [0.2, 0.25) is 5.02 Å². The van der Waals surface area contributed by atoms with Crippen LogP contribution < -0.4 is 0 Å². The first-order valence-electron chi connectivity index (χ1n) is 9.75. The first-order chi connectivity index (χ1) is 13.8. The fourth-order valence-corrected chi connectivity index (χ4v) is 4.74. The van der Waals surface area contributed by atoms with E-state index >= 15 is 0 Å². The molecule has 160 valence electrons. The third kappa shape index (κ3) is 5.69. The Morgan fingerprint density at radius 3 is 2.24 bits per heavy atom. The second kappa shape index (κ2) is 9.42. The summed E-state index contributed by atoms with van der Waals surface area (Å²) in [6, 6.07) is 7.03. The summed E-state index contributed by atoms with van der Waals surface area (Å²) in [5.41, 5.74) is 0.502. The molecule has 3 rings (SSSR count). The van der Waals surface area contributed by atoms with Gasteiger partial charge in [0.25, 0.3) is 5.91 Å². The fourth-order valence-electron chi connectivity index (χ4n) is 3.70. The average Bonchev–Trinajstić information content (AvgIpc) is 2.93. The molecular formula is C19H27ClN4O4S. The summed E-state index contributed by atoms with van der Waals surface area (Å²) in [4.78, 5) is 31.0. The lowest BCUT2D eigenvalue weighted by atomic mass is 10.2. The first-order valence-corrected chi connectivity index (χ1v) is 12.0. The topological polar surface area (TPSA) is 81.2 Å². The van der Waals surface area contributed by atoms with Crippen LogP contribution in [0.4, 0.5) is 0 Å². The zero-order valence-electron chi connectivity index (χ0n) is 16.6. The van der Waals surface area contributed by atoms with Crippen LogP contribution in [0, 0.1) is 0 Å². The van der Waals surface area contributed by atoms with Crippen LogP contribution in [0.3, 0.4) is 0 Å². The Morgan fingerprint density at radius 2 is 1.59 bits per heavy atom. The number of amides is 2. The number of nitrogens with zero attached hydrogens (tertiary/aromatic N) is 4. The number of hydrogen-bond donors (Lipinski definition) is 0. The molecule has 2 amide bonds. The highest BCUT2D eigenvalue weighted by atomic mass is 35.5. The van der Waals surface area contributed by atoms with Crippen molar-refractivity contribution in [3.63, 3.8) is 0 Å². The summed E-state index contributed by atoms with van der Waals surface area (Å²) in [5, 5.41) is 0.446. The van der Waals surface area contributed by atoms with Crippen LogP contribution in [-0.2, 0) is 14.8 Å². The molecule has 29 heavy (non-hydrogen) atoms. The van der Waals surface area contributed by atoms with Gasteiger partial charge in [0.1, 0.15) is 0 Å². The van der Waals surface area contributed by atoms with E-state index in [1.54, 1.807) is 34.1 Å². The Balaban J connectivity index is 1.51. The van der Waals surface area contributed by atoms with Gasteiger partial charge < -0.3 is 9.80 Å². The van der Waals surface area contributed by atoms with Crippen molar-refractivity contribution in [1.82, 2.24) is 19.0 Å². The number of benzene rings is 1. The van der Waals surface area contributed by atoms with E-state index in [2.05, 4.69) is 4.90 Å². The van der Waals surface area contributed by atoms with Gasteiger partial charge in [-0.25, -0.2) is 8.42 Å². The van der Waals surface area contributed by atoms with Crippen molar-refractivity contribution in [2.24, 2.45) is 0 Å². The second-order valence-electron chi connectivity index (χ2n) is 7.44. The molecule has 0 N–H and O–H groups in total. The van der Waals surface area contributed by atoms with E-state index in [9.17, 15) is 18.0 Å². The summed E-state index contributed by atoms with van der Waals surface area (Å²) in [6.07, 6.45) is 1.97. The lowest BCUT2D eigenvalue weighted by Gasteiger charge is -2.34. The molecule has 2 fully saturated rings. The number of rotatable bonds is 4. The molecule has 8 nitrogen and oxygen atoms in total.